The molecule has 3 heteroatoms. The van der Waals surface area contributed by atoms with Crippen LogP contribution in [-0.4, -0.2) is 19.3 Å². The van der Waals surface area contributed by atoms with Gasteiger partial charge in [-0.3, -0.25) is 0 Å². The van der Waals surface area contributed by atoms with Gasteiger partial charge in [-0.15, -0.1) is 0 Å². The van der Waals surface area contributed by atoms with E-state index in [2.05, 4.69) is 11.9 Å². The van der Waals surface area contributed by atoms with E-state index in [1.165, 1.54) is 5.56 Å². The second-order valence-corrected chi connectivity index (χ2v) is 4.53. The summed E-state index contributed by atoms with van der Waals surface area (Å²) in [6, 6.07) is 16.0. The van der Waals surface area contributed by atoms with E-state index < -0.39 is 0 Å². The van der Waals surface area contributed by atoms with Crippen LogP contribution in [-0.2, 0) is 13.2 Å². The van der Waals surface area contributed by atoms with E-state index in [4.69, 9.17) is 9.84 Å². The first-order valence-corrected chi connectivity index (χ1v) is 6.27. The first kappa shape index (κ1) is 13.4. The van der Waals surface area contributed by atoms with Crippen molar-refractivity contribution in [2.75, 3.05) is 19.1 Å². The highest BCUT2D eigenvalue weighted by Gasteiger charge is 2.02. The fourth-order valence-corrected chi connectivity index (χ4v) is 1.95. The van der Waals surface area contributed by atoms with Crippen LogP contribution in [0.5, 0.6) is 5.75 Å². The summed E-state index contributed by atoms with van der Waals surface area (Å²) < 4.78 is 5.15. The van der Waals surface area contributed by atoms with Crippen LogP contribution in [0.1, 0.15) is 11.1 Å². The molecule has 0 aliphatic heterocycles. The van der Waals surface area contributed by atoms with Gasteiger partial charge < -0.3 is 14.7 Å². The minimum atomic E-state index is 0.0919. The second kappa shape index (κ2) is 6.25. The third-order valence-electron chi connectivity index (χ3n) is 3.14. The summed E-state index contributed by atoms with van der Waals surface area (Å²) in [6.07, 6.45) is 0. The standard InChI is InChI=1S/C16H19NO2/c1-17(15-7-9-16(19-2)10-8-15)11-13-3-5-14(12-18)6-4-13/h3-10,18H,11-12H2,1-2H3. The lowest BCUT2D eigenvalue weighted by atomic mass is 10.1. The van der Waals surface area contributed by atoms with Crippen LogP contribution in [0.3, 0.4) is 0 Å². The van der Waals surface area contributed by atoms with E-state index in [1.54, 1.807) is 7.11 Å². The molecule has 0 saturated heterocycles. The predicted octanol–water partition coefficient (Wildman–Crippen LogP) is 2.82. The number of nitrogens with zero attached hydrogens (tertiary/aromatic N) is 1. The largest absolute Gasteiger partial charge is 0.497 e. The quantitative estimate of drug-likeness (QED) is 0.894. The maximum Gasteiger partial charge on any atom is 0.119 e. The maximum absolute atomic E-state index is 9.02. The number of benzene rings is 2. The van der Waals surface area contributed by atoms with Crippen LogP contribution >= 0.6 is 0 Å². The van der Waals surface area contributed by atoms with Gasteiger partial charge in [-0.1, -0.05) is 24.3 Å². The molecule has 0 spiro atoms. The highest BCUT2D eigenvalue weighted by atomic mass is 16.5. The summed E-state index contributed by atoms with van der Waals surface area (Å²) in [6.45, 7) is 0.923. The number of aliphatic hydroxyl groups excluding tert-OH is 1. The monoisotopic (exact) mass is 257 g/mol. The van der Waals surface area contributed by atoms with E-state index in [0.717, 1.165) is 23.5 Å². The average molecular weight is 257 g/mol. The van der Waals surface area contributed by atoms with E-state index in [0.29, 0.717) is 0 Å². The summed E-state index contributed by atoms with van der Waals surface area (Å²) in [7, 11) is 3.73. The number of aliphatic hydroxyl groups is 1. The molecule has 0 radical (unpaired) electrons. The topological polar surface area (TPSA) is 32.7 Å². The molecule has 0 aromatic heterocycles. The van der Waals surface area contributed by atoms with Gasteiger partial charge in [0.05, 0.1) is 13.7 Å². The summed E-state index contributed by atoms with van der Waals surface area (Å²) in [5.41, 5.74) is 3.30. The Morgan fingerprint density at radius 1 is 0.947 bits per heavy atom. The molecule has 0 bridgehead atoms. The van der Waals surface area contributed by atoms with Gasteiger partial charge in [-0.05, 0) is 35.4 Å². The van der Waals surface area contributed by atoms with Crippen LogP contribution in [0, 0.1) is 0 Å². The maximum atomic E-state index is 9.02. The fourth-order valence-electron chi connectivity index (χ4n) is 1.95. The average Bonchev–Trinajstić information content (AvgIpc) is 2.48. The summed E-state index contributed by atoms with van der Waals surface area (Å²) in [4.78, 5) is 2.17. The van der Waals surface area contributed by atoms with Crippen molar-refractivity contribution in [3.05, 3.63) is 59.7 Å². The lowest BCUT2D eigenvalue weighted by Crippen LogP contribution is -2.16. The first-order valence-electron chi connectivity index (χ1n) is 6.27. The zero-order valence-corrected chi connectivity index (χ0v) is 11.3. The lowest BCUT2D eigenvalue weighted by Gasteiger charge is -2.19. The fraction of sp³-hybridized carbons (Fsp3) is 0.250. The number of hydrogen-bond donors (Lipinski definition) is 1. The molecule has 0 amide bonds. The zero-order valence-electron chi connectivity index (χ0n) is 11.3. The molecule has 100 valence electrons. The molecule has 0 unspecified atom stereocenters. The Morgan fingerprint density at radius 3 is 2.05 bits per heavy atom. The number of hydrogen-bond acceptors (Lipinski definition) is 3. The zero-order chi connectivity index (χ0) is 13.7. The van der Waals surface area contributed by atoms with Crippen molar-refractivity contribution in [3.8, 4) is 5.75 Å². The predicted molar refractivity (Wildman–Crippen MR) is 77.5 cm³/mol. The van der Waals surface area contributed by atoms with Gasteiger partial charge in [0, 0.05) is 19.3 Å². The van der Waals surface area contributed by atoms with Crippen molar-refractivity contribution in [2.45, 2.75) is 13.2 Å². The number of anilines is 1. The molecular weight excluding hydrogens is 238 g/mol. The Bertz CT molecular complexity index is 505. The van der Waals surface area contributed by atoms with Crippen LogP contribution in [0.4, 0.5) is 5.69 Å². The Morgan fingerprint density at radius 2 is 1.53 bits per heavy atom. The van der Waals surface area contributed by atoms with Crippen molar-refractivity contribution in [2.24, 2.45) is 0 Å². The third kappa shape index (κ3) is 3.48. The minimum absolute atomic E-state index is 0.0919. The van der Waals surface area contributed by atoms with Crippen molar-refractivity contribution >= 4 is 5.69 Å². The summed E-state index contributed by atoms with van der Waals surface area (Å²) >= 11 is 0. The van der Waals surface area contributed by atoms with E-state index >= 15 is 0 Å². The number of ether oxygens (including phenoxy) is 1. The molecule has 0 heterocycles. The SMILES string of the molecule is COc1ccc(N(C)Cc2ccc(CO)cc2)cc1. The van der Waals surface area contributed by atoms with Crippen molar-refractivity contribution in [1.82, 2.24) is 0 Å². The van der Waals surface area contributed by atoms with Gasteiger partial charge in [0.15, 0.2) is 0 Å². The normalized spacial score (nSPS) is 10.3. The van der Waals surface area contributed by atoms with Crippen LogP contribution < -0.4 is 9.64 Å². The van der Waals surface area contributed by atoms with Gasteiger partial charge in [-0.2, -0.15) is 0 Å². The smallest absolute Gasteiger partial charge is 0.119 e. The lowest BCUT2D eigenvalue weighted by molar-refractivity contribution is 0.282. The molecule has 19 heavy (non-hydrogen) atoms. The van der Waals surface area contributed by atoms with Crippen molar-refractivity contribution in [3.63, 3.8) is 0 Å². The Balaban J connectivity index is 2.04. The molecule has 3 nitrogen and oxygen atoms in total. The molecular formula is C16H19NO2. The highest BCUT2D eigenvalue weighted by Crippen LogP contribution is 2.19. The number of rotatable bonds is 5. The molecule has 0 aliphatic rings. The first-order chi connectivity index (χ1) is 9.22. The number of methoxy groups -OCH3 is 1. The molecule has 0 atom stereocenters. The van der Waals surface area contributed by atoms with Gasteiger partial charge in [0.25, 0.3) is 0 Å². The second-order valence-electron chi connectivity index (χ2n) is 4.53. The molecule has 1 N–H and O–H groups in total. The molecule has 2 aromatic rings. The summed E-state index contributed by atoms with van der Waals surface area (Å²) in [5, 5.41) is 9.02. The van der Waals surface area contributed by atoms with Gasteiger partial charge in [-0.25, -0.2) is 0 Å². The van der Waals surface area contributed by atoms with Crippen LogP contribution in [0.2, 0.25) is 0 Å². The van der Waals surface area contributed by atoms with E-state index in [-0.39, 0.29) is 6.61 Å². The van der Waals surface area contributed by atoms with Crippen LogP contribution in [0.25, 0.3) is 0 Å². The molecule has 0 aliphatic carbocycles. The third-order valence-corrected chi connectivity index (χ3v) is 3.14. The summed E-state index contributed by atoms with van der Waals surface area (Å²) in [5.74, 6) is 0.865. The van der Waals surface area contributed by atoms with Crippen molar-refractivity contribution in [1.29, 1.82) is 0 Å². The Hall–Kier alpha value is -2.00. The van der Waals surface area contributed by atoms with Gasteiger partial charge in [0.2, 0.25) is 0 Å². The van der Waals surface area contributed by atoms with Gasteiger partial charge in [0.1, 0.15) is 5.75 Å². The Kier molecular flexibility index (Phi) is 4.42. The van der Waals surface area contributed by atoms with Crippen LogP contribution in [0.15, 0.2) is 48.5 Å². The van der Waals surface area contributed by atoms with Gasteiger partial charge >= 0.3 is 0 Å². The molecule has 0 fully saturated rings. The van der Waals surface area contributed by atoms with E-state index in [1.807, 2.05) is 48.5 Å². The minimum Gasteiger partial charge on any atom is -0.497 e. The van der Waals surface area contributed by atoms with Crippen molar-refractivity contribution < 1.29 is 9.84 Å². The molecule has 0 saturated carbocycles. The molecule has 2 rings (SSSR count). The highest BCUT2D eigenvalue weighted by molar-refractivity contribution is 5.48. The molecule has 2 aromatic carbocycles. The Labute approximate surface area is 114 Å². The van der Waals surface area contributed by atoms with E-state index in [9.17, 15) is 0 Å².